The molecule has 0 radical (unpaired) electrons. The van der Waals surface area contributed by atoms with Gasteiger partial charge in [-0.3, -0.25) is 4.90 Å². The highest BCUT2D eigenvalue weighted by Gasteiger charge is 2.42. The number of aromatic nitrogens is 2. The average Bonchev–Trinajstić information content (AvgIpc) is 2.61. The van der Waals surface area contributed by atoms with Crippen LogP contribution in [-0.4, -0.2) is 35.1 Å². The lowest BCUT2D eigenvalue weighted by atomic mass is 10.0. The summed E-state index contributed by atoms with van der Waals surface area (Å²) in [6, 6.07) is 2.93. The van der Waals surface area contributed by atoms with E-state index in [-0.39, 0.29) is 5.56 Å². The molecule has 0 spiro atoms. The van der Waals surface area contributed by atoms with Gasteiger partial charge in [-0.05, 0) is 31.8 Å². The van der Waals surface area contributed by atoms with E-state index in [0.29, 0.717) is 11.0 Å². The van der Waals surface area contributed by atoms with Gasteiger partial charge in [0.1, 0.15) is 6.04 Å². The molecule has 1 aromatic carbocycles. The molecule has 0 saturated carbocycles. The van der Waals surface area contributed by atoms with E-state index in [0.717, 1.165) is 4.90 Å². The number of H-pyrrole nitrogens is 1. The van der Waals surface area contributed by atoms with Crippen LogP contribution in [0.1, 0.15) is 11.6 Å². The number of nitrogens with zero attached hydrogens (tertiary/aromatic N) is 2. The predicted molar refractivity (Wildman–Crippen MR) is 58.6 cm³/mol. The zero-order valence-corrected chi connectivity index (χ0v) is 9.42. The second-order valence-corrected chi connectivity index (χ2v) is 4.09. The van der Waals surface area contributed by atoms with Crippen molar-refractivity contribution in [1.29, 1.82) is 0 Å². The minimum absolute atomic E-state index is 0.208. The summed E-state index contributed by atoms with van der Waals surface area (Å²) >= 11 is 0. The molecule has 17 heavy (non-hydrogen) atoms. The van der Waals surface area contributed by atoms with Crippen molar-refractivity contribution >= 4 is 11.0 Å². The Morgan fingerprint density at radius 1 is 1.29 bits per heavy atom. The van der Waals surface area contributed by atoms with Gasteiger partial charge in [0.25, 0.3) is 0 Å². The van der Waals surface area contributed by atoms with Gasteiger partial charge >= 0.3 is 6.18 Å². The van der Waals surface area contributed by atoms with Crippen LogP contribution in [0.4, 0.5) is 13.2 Å². The molecule has 1 heterocycles. The predicted octanol–water partition coefficient (Wildman–Crippen LogP) is 2.73. The van der Waals surface area contributed by atoms with Crippen molar-refractivity contribution in [1.82, 2.24) is 14.9 Å². The largest absolute Gasteiger partial charge is 0.408 e. The molecular weight excluding hydrogens is 231 g/mol. The Hall–Kier alpha value is -1.56. The lowest BCUT2D eigenvalue weighted by molar-refractivity contribution is -0.179. The molecule has 0 aliphatic carbocycles. The maximum Gasteiger partial charge on any atom is 0.408 e. The highest BCUT2D eigenvalue weighted by atomic mass is 19.4. The molecule has 2 rings (SSSR count). The number of aromatic amines is 1. The standard InChI is InChI=1S/C11H12F3N3/c1-17(2)10(11(12,13)14)7-3-4-8-9(5-7)16-6-15-8/h3-6,10H,1-2H3,(H,15,16). The summed E-state index contributed by atoms with van der Waals surface area (Å²) in [5.41, 5.74) is 1.48. The summed E-state index contributed by atoms with van der Waals surface area (Å²) in [5.74, 6) is 0. The van der Waals surface area contributed by atoms with Gasteiger partial charge in [0.15, 0.2) is 0 Å². The van der Waals surface area contributed by atoms with Crippen LogP contribution >= 0.6 is 0 Å². The van der Waals surface area contributed by atoms with Gasteiger partial charge < -0.3 is 4.98 Å². The SMILES string of the molecule is CN(C)C(c1ccc2nc[nH]c2c1)C(F)(F)F. The average molecular weight is 243 g/mol. The van der Waals surface area contributed by atoms with E-state index in [2.05, 4.69) is 9.97 Å². The molecule has 92 valence electrons. The number of nitrogens with one attached hydrogen (secondary N) is 1. The van der Waals surface area contributed by atoms with Crippen molar-refractivity contribution < 1.29 is 13.2 Å². The summed E-state index contributed by atoms with van der Waals surface area (Å²) in [7, 11) is 2.82. The number of fused-ring (bicyclic) bond motifs is 1. The fourth-order valence-corrected chi connectivity index (χ4v) is 1.90. The summed E-state index contributed by atoms with van der Waals surface area (Å²) in [6.07, 6.45) is -2.83. The Kier molecular flexibility index (Phi) is 2.82. The Labute approximate surface area is 96.3 Å². The highest BCUT2D eigenvalue weighted by Crippen LogP contribution is 2.36. The molecule has 0 amide bonds. The Balaban J connectivity index is 2.48. The van der Waals surface area contributed by atoms with Crippen LogP contribution in [0.15, 0.2) is 24.5 Å². The number of benzene rings is 1. The van der Waals surface area contributed by atoms with Crippen molar-refractivity contribution in [3.63, 3.8) is 0 Å². The Morgan fingerprint density at radius 3 is 2.59 bits per heavy atom. The first-order chi connectivity index (χ1) is 7.89. The molecule has 1 aromatic heterocycles. The molecule has 2 aromatic rings. The number of imidazole rings is 1. The molecular formula is C11H12F3N3. The molecule has 1 unspecified atom stereocenters. The van der Waals surface area contributed by atoms with E-state index in [1.54, 1.807) is 6.07 Å². The van der Waals surface area contributed by atoms with Gasteiger partial charge in [-0.2, -0.15) is 13.2 Å². The van der Waals surface area contributed by atoms with Gasteiger partial charge in [0, 0.05) is 0 Å². The monoisotopic (exact) mass is 243 g/mol. The molecule has 3 nitrogen and oxygen atoms in total. The third-order valence-corrected chi connectivity index (χ3v) is 2.59. The molecule has 0 aliphatic heterocycles. The number of hydrogen-bond acceptors (Lipinski definition) is 2. The zero-order valence-electron chi connectivity index (χ0n) is 9.42. The molecule has 0 aliphatic rings. The first-order valence-electron chi connectivity index (χ1n) is 5.06. The van der Waals surface area contributed by atoms with Crippen molar-refractivity contribution in [2.24, 2.45) is 0 Å². The van der Waals surface area contributed by atoms with Crippen LogP contribution in [0.5, 0.6) is 0 Å². The first-order valence-corrected chi connectivity index (χ1v) is 5.06. The van der Waals surface area contributed by atoms with E-state index >= 15 is 0 Å². The van der Waals surface area contributed by atoms with Gasteiger partial charge in [-0.1, -0.05) is 6.07 Å². The smallest absolute Gasteiger partial charge is 0.345 e. The Bertz CT molecular complexity index is 516. The maximum absolute atomic E-state index is 12.9. The molecule has 0 saturated heterocycles. The van der Waals surface area contributed by atoms with Gasteiger partial charge in [-0.25, -0.2) is 4.98 Å². The lowest BCUT2D eigenvalue weighted by Crippen LogP contribution is -2.33. The second kappa shape index (κ2) is 4.03. The fourth-order valence-electron chi connectivity index (χ4n) is 1.90. The number of hydrogen-bond donors (Lipinski definition) is 1. The molecule has 1 atom stereocenters. The summed E-state index contributed by atoms with van der Waals surface area (Å²) in [5, 5.41) is 0. The quantitative estimate of drug-likeness (QED) is 0.879. The van der Waals surface area contributed by atoms with E-state index < -0.39 is 12.2 Å². The number of alkyl halides is 3. The van der Waals surface area contributed by atoms with E-state index in [4.69, 9.17) is 0 Å². The second-order valence-electron chi connectivity index (χ2n) is 4.09. The fraction of sp³-hybridized carbons (Fsp3) is 0.364. The lowest BCUT2D eigenvalue weighted by Gasteiger charge is -2.26. The van der Waals surface area contributed by atoms with Gasteiger partial charge in [0.2, 0.25) is 0 Å². The minimum Gasteiger partial charge on any atom is -0.345 e. The number of rotatable bonds is 2. The third-order valence-electron chi connectivity index (χ3n) is 2.59. The third kappa shape index (κ3) is 2.26. The topological polar surface area (TPSA) is 31.9 Å². The normalized spacial score (nSPS) is 14.5. The van der Waals surface area contributed by atoms with Crippen molar-refractivity contribution in [2.75, 3.05) is 14.1 Å². The van der Waals surface area contributed by atoms with Crippen molar-refractivity contribution in [3.8, 4) is 0 Å². The zero-order chi connectivity index (χ0) is 12.6. The van der Waals surface area contributed by atoms with Crippen molar-refractivity contribution in [2.45, 2.75) is 12.2 Å². The van der Waals surface area contributed by atoms with Crippen LogP contribution < -0.4 is 0 Å². The van der Waals surface area contributed by atoms with Gasteiger partial charge in [-0.15, -0.1) is 0 Å². The van der Waals surface area contributed by atoms with Crippen LogP contribution in [0.2, 0.25) is 0 Å². The van der Waals surface area contributed by atoms with Crippen LogP contribution in [0.3, 0.4) is 0 Å². The van der Waals surface area contributed by atoms with Crippen LogP contribution in [0, 0.1) is 0 Å². The molecule has 0 fully saturated rings. The van der Waals surface area contributed by atoms with Crippen molar-refractivity contribution in [3.05, 3.63) is 30.1 Å². The Morgan fingerprint density at radius 2 is 2.00 bits per heavy atom. The molecule has 0 bridgehead atoms. The molecule has 1 N–H and O–H groups in total. The summed E-state index contributed by atoms with van der Waals surface area (Å²) < 4.78 is 38.7. The highest BCUT2D eigenvalue weighted by molar-refractivity contribution is 5.75. The summed E-state index contributed by atoms with van der Waals surface area (Å²) in [4.78, 5) is 7.93. The van der Waals surface area contributed by atoms with E-state index in [1.807, 2.05) is 0 Å². The summed E-state index contributed by atoms with van der Waals surface area (Å²) in [6.45, 7) is 0. The maximum atomic E-state index is 12.9. The van der Waals surface area contributed by atoms with Crippen LogP contribution in [0.25, 0.3) is 11.0 Å². The van der Waals surface area contributed by atoms with Gasteiger partial charge in [0.05, 0.1) is 17.4 Å². The molecule has 6 heteroatoms. The van der Waals surface area contributed by atoms with Crippen LogP contribution in [-0.2, 0) is 0 Å². The minimum atomic E-state index is -4.29. The van der Waals surface area contributed by atoms with E-state index in [9.17, 15) is 13.2 Å². The van der Waals surface area contributed by atoms with E-state index in [1.165, 1.54) is 32.6 Å². The number of halogens is 3. The first kappa shape index (κ1) is 11.9.